The van der Waals surface area contributed by atoms with Crippen molar-refractivity contribution in [3.63, 3.8) is 0 Å². The average Bonchev–Trinajstić information content (AvgIpc) is 2.49. The maximum absolute atomic E-state index is 9.29. The van der Waals surface area contributed by atoms with Gasteiger partial charge in [0.05, 0.1) is 13.2 Å². The molecule has 1 aromatic rings. The van der Waals surface area contributed by atoms with Gasteiger partial charge in [0.15, 0.2) is 0 Å². The molecule has 0 bridgehead atoms. The number of nitrogens with zero attached hydrogens (tertiary/aromatic N) is 1. The molecule has 21 heavy (non-hydrogen) atoms. The minimum atomic E-state index is -0.241. The van der Waals surface area contributed by atoms with Crippen LogP contribution in [0.5, 0.6) is 5.75 Å². The van der Waals surface area contributed by atoms with E-state index in [1.807, 2.05) is 45.2 Å². The zero-order valence-corrected chi connectivity index (χ0v) is 13.1. The highest BCUT2D eigenvalue weighted by atomic mass is 16.5. The van der Waals surface area contributed by atoms with Crippen LogP contribution in [-0.2, 0) is 0 Å². The second kappa shape index (κ2) is 8.68. The van der Waals surface area contributed by atoms with Gasteiger partial charge in [-0.05, 0) is 45.2 Å². The zero-order valence-electron chi connectivity index (χ0n) is 13.1. The van der Waals surface area contributed by atoms with Gasteiger partial charge in [-0.2, -0.15) is 0 Å². The molecule has 0 aliphatic rings. The molecule has 0 unspecified atom stereocenters. The smallest absolute Gasteiger partial charge is 0.119 e. The minimum absolute atomic E-state index is 0.0892. The molecule has 0 spiro atoms. The Morgan fingerprint density at radius 3 is 2.43 bits per heavy atom. The van der Waals surface area contributed by atoms with Crippen molar-refractivity contribution in [1.29, 1.82) is 0 Å². The van der Waals surface area contributed by atoms with Crippen molar-refractivity contribution in [2.75, 3.05) is 33.4 Å². The minimum Gasteiger partial charge on any atom is -0.492 e. The molecule has 4 nitrogen and oxygen atoms in total. The summed E-state index contributed by atoms with van der Waals surface area (Å²) in [6.07, 6.45) is 0.491. The van der Waals surface area contributed by atoms with E-state index in [4.69, 9.17) is 9.84 Å². The van der Waals surface area contributed by atoms with Gasteiger partial charge in [0.2, 0.25) is 0 Å². The fraction of sp³-hybridized carbons (Fsp3) is 0.529. The molecule has 0 amide bonds. The van der Waals surface area contributed by atoms with Crippen LogP contribution in [-0.4, -0.2) is 54.1 Å². The van der Waals surface area contributed by atoms with Crippen molar-refractivity contribution in [3.05, 3.63) is 29.8 Å². The largest absolute Gasteiger partial charge is 0.492 e. The first-order valence-corrected chi connectivity index (χ1v) is 7.14. The van der Waals surface area contributed by atoms with Crippen LogP contribution in [0, 0.1) is 11.8 Å². The van der Waals surface area contributed by atoms with Crippen molar-refractivity contribution in [1.82, 2.24) is 4.90 Å². The fourth-order valence-corrected chi connectivity index (χ4v) is 1.58. The fourth-order valence-electron chi connectivity index (χ4n) is 1.58. The van der Waals surface area contributed by atoms with Crippen molar-refractivity contribution >= 4 is 0 Å². The van der Waals surface area contributed by atoms with Gasteiger partial charge in [0.1, 0.15) is 12.4 Å². The van der Waals surface area contributed by atoms with E-state index in [9.17, 15) is 5.11 Å². The molecule has 4 heteroatoms. The summed E-state index contributed by atoms with van der Waals surface area (Å²) in [6.45, 7) is 5.50. The quantitative estimate of drug-likeness (QED) is 0.748. The molecule has 0 radical (unpaired) electrons. The van der Waals surface area contributed by atoms with Gasteiger partial charge in [-0.25, -0.2) is 0 Å². The standard InChI is InChI=1S/C17H25NO3/c1-17(2,14-20)18(3)11-13-21-16-9-7-15(8-10-16)6-4-5-12-19/h7-10,19-20H,5,11-14H2,1-3H3. The van der Waals surface area contributed by atoms with Crippen molar-refractivity contribution in [2.24, 2.45) is 0 Å². The summed E-state index contributed by atoms with van der Waals surface area (Å²) in [5.74, 6) is 6.66. The van der Waals surface area contributed by atoms with Gasteiger partial charge < -0.3 is 14.9 Å². The maximum atomic E-state index is 9.29. The van der Waals surface area contributed by atoms with Crippen LogP contribution in [0.15, 0.2) is 24.3 Å². The van der Waals surface area contributed by atoms with Crippen molar-refractivity contribution in [2.45, 2.75) is 25.8 Å². The predicted molar refractivity (Wildman–Crippen MR) is 84.3 cm³/mol. The van der Waals surface area contributed by atoms with Crippen LogP contribution in [0.3, 0.4) is 0 Å². The van der Waals surface area contributed by atoms with E-state index in [2.05, 4.69) is 16.7 Å². The zero-order chi connectivity index (χ0) is 15.7. The van der Waals surface area contributed by atoms with Crippen LogP contribution in [0.2, 0.25) is 0 Å². The Labute approximate surface area is 127 Å². The number of hydrogen-bond donors (Lipinski definition) is 2. The van der Waals surface area contributed by atoms with E-state index in [-0.39, 0.29) is 18.8 Å². The summed E-state index contributed by atoms with van der Waals surface area (Å²) in [5, 5.41) is 18.0. The van der Waals surface area contributed by atoms with Crippen molar-refractivity contribution < 1.29 is 14.9 Å². The second-order valence-electron chi connectivity index (χ2n) is 5.54. The first-order chi connectivity index (χ1) is 9.99. The Hall–Kier alpha value is -1.54. The molecule has 2 N–H and O–H groups in total. The normalized spacial score (nSPS) is 11.1. The van der Waals surface area contributed by atoms with E-state index in [0.717, 1.165) is 17.9 Å². The lowest BCUT2D eigenvalue weighted by atomic mass is 10.1. The first kappa shape index (κ1) is 17.5. The lowest BCUT2D eigenvalue weighted by Gasteiger charge is -2.33. The number of hydrogen-bond acceptors (Lipinski definition) is 4. The van der Waals surface area contributed by atoms with Crippen LogP contribution in [0.25, 0.3) is 0 Å². The third-order valence-corrected chi connectivity index (χ3v) is 3.44. The highest BCUT2D eigenvalue weighted by Gasteiger charge is 2.21. The molecule has 1 rings (SSSR count). The lowest BCUT2D eigenvalue weighted by molar-refractivity contribution is 0.0679. The highest BCUT2D eigenvalue weighted by molar-refractivity contribution is 5.38. The Morgan fingerprint density at radius 1 is 1.19 bits per heavy atom. The number of aliphatic hydroxyl groups excluding tert-OH is 2. The van der Waals surface area contributed by atoms with Gasteiger partial charge in [0, 0.05) is 24.1 Å². The van der Waals surface area contributed by atoms with Gasteiger partial charge in [-0.1, -0.05) is 11.8 Å². The molecular formula is C17H25NO3. The van der Waals surface area contributed by atoms with Crippen LogP contribution < -0.4 is 4.74 Å². The SMILES string of the molecule is CN(CCOc1ccc(C#CCCO)cc1)C(C)(C)CO. The molecule has 0 aliphatic heterocycles. The molecule has 0 saturated carbocycles. The predicted octanol–water partition coefficient (Wildman–Crippen LogP) is 1.50. The number of benzene rings is 1. The van der Waals surface area contributed by atoms with Gasteiger partial charge >= 0.3 is 0 Å². The Balaban J connectivity index is 2.42. The lowest BCUT2D eigenvalue weighted by Crippen LogP contribution is -2.45. The van der Waals surface area contributed by atoms with Crippen LogP contribution in [0.4, 0.5) is 0 Å². The Morgan fingerprint density at radius 2 is 1.86 bits per heavy atom. The second-order valence-corrected chi connectivity index (χ2v) is 5.54. The van der Waals surface area contributed by atoms with Gasteiger partial charge in [-0.3, -0.25) is 4.90 Å². The Bertz CT molecular complexity index is 471. The molecule has 0 aromatic heterocycles. The summed E-state index contributed by atoms with van der Waals surface area (Å²) in [5.41, 5.74) is 0.671. The number of aliphatic hydroxyl groups is 2. The monoisotopic (exact) mass is 291 g/mol. The third-order valence-electron chi connectivity index (χ3n) is 3.44. The molecule has 0 saturated heterocycles. The summed E-state index contributed by atoms with van der Waals surface area (Å²) >= 11 is 0. The highest BCUT2D eigenvalue weighted by Crippen LogP contribution is 2.13. The summed E-state index contributed by atoms with van der Waals surface area (Å²) in [6, 6.07) is 7.59. The van der Waals surface area contributed by atoms with E-state index in [1.165, 1.54) is 0 Å². The summed E-state index contributed by atoms with van der Waals surface area (Å²) in [4.78, 5) is 2.07. The van der Waals surface area contributed by atoms with Gasteiger partial charge in [-0.15, -0.1) is 0 Å². The molecule has 0 aliphatic carbocycles. The molecule has 0 heterocycles. The molecule has 0 fully saturated rings. The summed E-state index contributed by atoms with van der Waals surface area (Å²) in [7, 11) is 1.97. The molecule has 1 aromatic carbocycles. The van der Waals surface area contributed by atoms with E-state index in [1.54, 1.807) is 0 Å². The average molecular weight is 291 g/mol. The summed E-state index contributed by atoms with van der Waals surface area (Å²) < 4.78 is 5.69. The first-order valence-electron chi connectivity index (χ1n) is 7.14. The number of rotatable bonds is 7. The van der Waals surface area contributed by atoms with Crippen LogP contribution in [0.1, 0.15) is 25.8 Å². The van der Waals surface area contributed by atoms with Crippen LogP contribution >= 0.6 is 0 Å². The topological polar surface area (TPSA) is 52.9 Å². The maximum Gasteiger partial charge on any atom is 0.119 e. The Kier molecular flexibility index (Phi) is 7.24. The molecule has 0 atom stereocenters. The number of likely N-dealkylation sites (N-methyl/N-ethyl adjacent to an activating group) is 1. The molecule has 116 valence electrons. The van der Waals surface area contributed by atoms with E-state index < -0.39 is 0 Å². The van der Waals surface area contributed by atoms with Crippen molar-refractivity contribution in [3.8, 4) is 17.6 Å². The van der Waals surface area contributed by atoms with E-state index in [0.29, 0.717) is 13.0 Å². The third kappa shape index (κ3) is 6.17. The molecular weight excluding hydrogens is 266 g/mol. The van der Waals surface area contributed by atoms with E-state index >= 15 is 0 Å². The number of ether oxygens (including phenoxy) is 1. The van der Waals surface area contributed by atoms with Gasteiger partial charge in [0.25, 0.3) is 0 Å².